The Bertz CT molecular complexity index is 542. The van der Waals surface area contributed by atoms with Gasteiger partial charge in [-0.2, -0.15) is 0 Å². The fourth-order valence-corrected chi connectivity index (χ4v) is 1.90. The minimum atomic E-state index is -0.739. The van der Waals surface area contributed by atoms with Crippen LogP contribution < -0.4 is 4.90 Å². The molecule has 0 aliphatic carbocycles. The summed E-state index contributed by atoms with van der Waals surface area (Å²) in [7, 11) is 1.89. The molecule has 0 radical (unpaired) electrons. The van der Waals surface area contributed by atoms with E-state index in [4.69, 9.17) is 0 Å². The van der Waals surface area contributed by atoms with Crippen LogP contribution in [0, 0.1) is 0 Å². The molecule has 0 aliphatic heterocycles. The number of aliphatic hydroxyl groups is 1. The number of hydrogen-bond donors (Lipinski definition) is 3. The molecule has 0 amide bonds. The fraction of sp³-hybridized carbons (Fsp3) is 0.200. The van der Waals surface area contributed by atoms with Gasteiger partial charge in [-0.05, 0) is 29.8 Å². The van der Waals surface area contributed by atoms with Crippen molar-refractivity contribution in [3.63, 3.8) is 0 Å². The van der Waals surface area contributed by atoms with Crippen LogP contribution in [0.4, 0.5) is 5.69 Å². The summed E-state index contributed by atoms with van der Waals surface area (Å²) in [6.45, 7) is 0.397. The van der Waals surface area contributed by atoms with Gasteiger partial charge < -0.3 is 20.2 Å². The topological polar surface area (TPSA) is 63.9 Å². The molecule has 1 atom stereocenters. The zero-order valence-electron chi connectivity index (χ0n) is 10.7. The normalized spacial score (nSPS) is 12.1. The first-order chi connectivity index (χ1) is 9.08. The van der Waals surface area contributed by atoms with Gasteiger partial charge in [0.1, 0.15) is 0 Å². The Labute approximate surface area is 112 Å². The fourth-order valence-electron chi connectivity index (χ4n) is 1.90. The van der Waals surface area contributed by atoms with Crippen LogP contribution in [0.3, 0.4) is 0 Å². The van der Waals surface area contributed by atoms with Crippen molar-refractivity contribution in [2.75, 3.05) is 18.5 Å². The van der Waals surface area contributed by atoms with Crippen molar-refractivity contribution in [3.8, 4) is 11.5 Å². The zero-order valence-corrected chi connectivity index (χ0v) is 10.7. The number of nitrogens with zero attached hydrogens (tertiary/aromatic N) is 1. The van der Waals surface area contributed by atoms with Gasteiger partial charge in [-0.15, -0.1) is 0 Å². The monoisotopic (exact) mass is 259 g/mol. The van der Waals surface area contributed by atoms with Crippen molar-refractivity contribution in [2.24, 2.45) is 0 Å². The maximum atomic E-state index is 10.1. The van der Waals surface area contributed by atoms with Crippen molar-refractivity contribution in [1.29, 1.82) is 0 Å². The van der Waals surface area contributed by atoms with E-state index in [2.05, 4.69) is 0 Å². The molecule has 3 N–H and O–H groups in total. The van der Waals surface area contributed by atoms with Crippen LogP contribution in [-0.2, 0) is 0 Å². The van der Waals surface area contributed by atoms with E-state index in [-0.39, 0.29) is 11.5 Å². The van der Waals surface area contributed by atoms with Gasteiger partial charge in [0, 0.05) is 19.3 Å². The highest BCUT2D eigenvalue weighted by molar-refractivity contribution is 5.46. The first-order valence-corrected chi connectivity index (χ1v) is 6.04. The van der Waals surface area contributed by atoms with Crippen LogP contribution >= 0.6 is 0 Å². The highest BCUT2D eigenvalue weighted by Gasteiger charge is 2.13. The van der Waals surface area contributed by atoms with Crippen LogP contribution in [0.25, 0.3) is 0 Å². The molecule has 2 aromatic rings. The lowest BCUT2D eigenvalue weighted by molar-refractivity contribution is 0.184. The number of phenols is 2. The molecule has 100 valence electrons. The van der Waals surface area contributed by atoms with E-state index in [1.807, 2.05) is 42.3 Å². The summed E-state index contributed by atoms with van der Waals surface area (Å²) in [6.07, 6.45) is -0.739. The number of likely N-dealkylation sites (N-methyl/N-ethyl adjacent to an activating group) is 1. The third kappa shape index (κ3) is 3.17. The lowest BCUT2D eigenvalue weighted by atomic mass is 10.1. The third-order valence-electron chi connectivity index (χ3n) is 3.03. The van der Waals surface area contributed by atoms with Crippen molar-refractivity contribution in [2.45, 2.75) is 6.10 Å². The molecule has 0 aliphatic rings. The maximum absolute atomic E-state index is 10.1. The van der Waals surface area contributed by atoms with E-state index in [0.717, 1.165) is 5.69 Å². The van der Waals surface area contributed by atoms with Crippen molar-refractivity contribution >= 4 is 5.69 Å². The Kier molecular flexibility index (Phi) is 3.92. The summed E-state index contributed by atoms with van der Waals surface area (Å²) < 4.78 is 0. The van der Waals surface area contributed by atoms with Gasteiger partial charge >= 0.3 is 0 Å². The summed E-state index contributed by atoms with van der Waals surface area (Å²) >= 11 is 0. The number of aliphatic hydroxyl groups excluding tert-OH is 1. The maximum Gasteiger partial charge on any atom is 0.157 e. The quantitative estimate of drug-likeness (QED) is 0.737. The second-order valence-corrected chi connectivity index (χ2v) is 4.48. The molecule has 19 heavy (non-hydrogen) atoms. The van der Waals surface area contributed by atoms with Crippen LogP contribution in [0.1, 0.15) is 11.7 Å². The average molecular weight is 259 g/mol. The van der Waals surface area contributed by atoms with E-state index < -0.39 is 6.10 Å². The van der Waals surface area contributed by atoms with Gasteiger partial charge in [0.25, 0.3) is 0 Å². The van der Waals surface area contributed by atoms with E-state index in [1.165, 1.54) is 12.1 Å². The molecular weight excluding hydrogens is 242 g/mol. The van der Waals surface area contributed by atoms with Crippen molar-refractivity contribution in [1.82, 2.24) is 0 Å². The Balaban J connectivity index is 2.08. The van der Waals surface area contributed by atoms with Crippen molar-refractivity contribution < 1.29 is 15.3 Å². The summed E-state index contributed by atoms with van der Waals surface area (Å²) in [5.74, 6) is -0.411. The van der Waals surface area contributed by atoms with Gasteiger partial charge in [-0.1, -0.05) is 24.3 Å². The first kappa shape index (κ1) is 13.2. The molecule has 0 saturated heterocycles. The molecule has 0 saturated carbocycles. The number of anilines is 1. The highest BCUT2D eigenvalue weighted by atomic mass is 16.3. The summed E-state index contributed by atoms with van der Waals surface area (Å²) in [4.78, 5) is 1.93. The highest BCUT2D eigenvalue weighted by Crippen LogP contribution is 2.28. The number of para-hydroxylation sites is 1. The molecule has 0 heterocycles. The smallest absolute Gasteiger partial charge is 0.157 e. The number of benzene rings is 2. The minimum absolute atomic E-state index is 0.188. The lowest BCUT2D eigenvalue weighted by Gasteiger charge is -2.23. The number of rotatable bonds is 4. The molecule has 0 fully saturated rings. The molecule has 0 aromatic heterocycles. The standard InChI is InChI=1S/C15H17NO3/c1-16(12-5-3-2-4-6-12)10-15(19)11-7-8-13(17)14(18)9-11/h2-9,15,17-19H,10H2,1H3. The summed E-state index contributed by atoms with van der Waals surface area (Å²) in [5.41, 5.74) is 1.57. The minimum Gasteiger partial charge on any atom is -0.504 e. The van der Waals surface area contributed by atoms with Gasteiger partial charge in [-0.3, -0.25) is 0 Å². The molecule has 0 spiro atoms. The summed E-state index contributed by atoms with van der Waals surface area (Å²) in [6, 6.07) is 14.1. The SMILES string of the molecule is CN(CC(O)c1ccc(O)c(O)c1)c1ccccc1. The molecule has 2 rings (SSSR count). The van der Waals surface area contributed by atoms with E-state index in [0.29, 0.717) is 12.1 Å². The Hall–Kier alpha value is -2.20. The predicted octanol–water partition coefficient (Wildman–Crippen LogP) is 2.27. The molecular formula is C15H17NO3. The van der Waals surface area contributed by atoms with Crippen molar-refractivity contribution in [3.05, 3.63) is 54.1 Å². The molecule has 1 unspecified atom stereocenters. The lowest BCUT2D eigenvalue weighted by Crippen LogP contribution is -2.23. The second-order valence-electron chi connectivity index (χ2n) is 4.48. The average Bonchev–Trinajstić information content (AvgIpc) is 2.42. The van der Waals surface area contributed by atoms with Gasteiger partial charge in [0.15, 0.2) is 11.5 Å². The van der Waals surface area contributed by atoms with Crippen LogP contribution in [0.5, 0.6) is 11.5 Å². The predicted molar refractivity (Wildman–Crippen MR) is 74.4 cm³/mol. The second kappa shape index (κ2) is 5.63. The number of aromatic hydroxyl groups is 2. The van der Waals surface area contributed by atoms with E-state index in [1.54, 1.807) is 6.07 Å². The van der Waals surface area contributed by atoms with E-state index in [9.17, 15) is 15.3 Å². The van der Waals surface area contributed by atoms with Gasteiger partial charge in [-0.25, -0.2) is 0 Å². The van der Waals surface area contributed by atoms with Crippen LogP contribution in [-0.4, -0.2) is 28.9 Å². The Morgan fingerprint density at radius 2 is 1.68 bits per heavy atom. The van der Waals surface area contributed by atoms with Crippen LogP contribution in [0.15, 0.2) is 48.5 Å². The molecule has 2 aromatic carbocycles. The van der Waals surface area contributed by atoms with Gasteiger partial charge in [0.2, 0.25) is 0 Å². The summed E-state index contributed by atoms with van der Waals surface area (Å²) in [5, 5.41) is 28.8. The Morgan fingerprint density at radius 3 is 2.32 bits per heavy atom. The van der Waals surface area contributed by atoms with Gasteiger partial charge in [0.05, 0.1) is 6.10 Å². The molecule has 0 bridgehead atoms. The van der Waals surface area contributed by atoms with E-state index >= 15 is 0 Å². The number of hydrogen-bond acceptors (Lipinski definition) is 4. The van der Waals surface area contributed by atoms with Crippen LogP contribution in [0.2, 0.25) is 0 Å². The largest absolute Gasteiger partial charge is 0.504 e. The molecule has 4 heteroatoms. The first-order valence-electron chi connectivity index (χ1n) is 6.04. The zero-order chi connectivity index (χ0) is 13.8. The number of phenolic OH excluding ortho intramolecular Hbond substituents is 2. The Morgan fingerprint density at radius 1 is 1.00 bits per heavy atom. The third-order valence-corrected chi connectivity index (χ3v) is 3.03. The molecule has 4 nitrogen and oxygen atoms in total.